The molecule has 0 spiro atoms. The van der Waals surface area contributed by atoms with E-state index in [1.807, 2.05) is 18.2 Å². The molecular formula is C24H27ClN6O2. The van der Waals surface area contributed by atoms with Crippen molar-refractivity contribution in [3.63, 3.8) is 0 Å². The zero-order chi connectivity index (χ0) is 22.9. The summed E-state index contributed by atoms with van der Waals surface area (Å²) >= 11 is 6.31. The average molecular weight is 467 g/mol. The minimum Gasteiger partial charge on any atom is -0.380 e. The van der Waals surface area contributed by atoms with E-state index in [1.54, 1.807) is 6.07 Å². The van der Waals surface area contributed by atoms with Crippen LogP contribution in [0, 0.1) is 0 Å². The van der Waals surface area contributed by atoms with Gasteiger partial charge in [0.2, 0.25) is 0 Å². The molecule has 172 valence electrons. The van der Waals surface area contributed by atoms with Crippen LogP contribution in [0.25, 0.3) is 33.3 Å². The van der Waals surface area contributed by atoms with Crippen LogP contribution in [0.3, 0.4) is 0 Å². The summed E-state index contributed by atoms with van der Waals surface area (Å²) < 4.78 is 5.46. The summed E-state index contributed by atoms with van der Waals surface area (Å²) in [5.74, 6) is 0.502. The fourth-order valence-corrected chi connectivity index (χ4v) is 4.48. The highest BCUT2D eigenvalue weighted by atomic mass is 35.5. The first-order valence-corrected chi connectivity index (χ1v) is 11.6. The molecule has 8 nitrogen and oxygen atoms in total. The van der Waals surface area contributed by atoms with Crippen molar-refractivity contribution in [1.82, 2.24) is 15.0 Å². The first-order chi connectivity index (χ1) is 16.1. The lowest BCUT2D eigenvalue weighted by molar-refractivity contribution is 0.122. The molecule has 1 aliphatic heterocycles. The maximum Gasteiger partial charge on any atom is 0.261 e. The standard InChI is InChI=1S/C24H27ClN6O2/c1-2-15(13-26)27-22-17-11-14(25)3-5-18(17)30-24(32)21(22)23-28-19-6-4-16(12-20(19)29-23)31-7-9-33-10-8-31/h3-6,11-12,15H,2,7-10,13,26H2,1H3,(H,28,29)(H2,27,30,32)/t15-/m1/s1. The summed E-state index contributed by atoms with van der Waals surface area (Å²) in [7, 11) is 0. The van der Waals surface area contributed by atoms with E-state index in [9.17, 15) is 4.79 Å². The predicted octanol–water partition coefficient (Wildman–Crippen LogP) is 3.71. The Bertz CT molecular complexity index is 1350. The van der Waals surface area contributed by atoms with E-state index < -0.39 is 0 Å². The number of ether oxygens (including phenoxy) is 1. The lowest BCUT2D eigenvalue weighted by atomic mass is 10.1. The molecule has 4 aromatic rings. The Labute approximate surface area is 196 Å². The molecule has 0 radical (unpaired) electrons. The quantitative estimate of drug-likeness (QED) is 0.344. The van der Waals surface area contributed by atoms with Gasteiger partial charge in [0, 0.05) is 41.8 Å². The number of rotatable bonds is 6. The smallest absolute Gasteiger partial charge is 0.261 e. The second kappa shape index (κ2) is 9.05. The summed E-state index contributed by atoms with van der Waals surface area (Å²) in [5, 5.41) is 4.88. The molecule has 0 bridgehead atoms. The Kier molecular flexibility index (Phi) is 5.97. The normalized spacial score (nSPS) is 15.3. The molecule has 1 fully saturated rings. The van der Waals surface area contributed by atoms with Gasteiger partial charge in [0.25, 0.3) is 5.56 Å². The Hall–Kier alpha value is -3.07. The lowest BCUT2D eigenvalue weighted by Gasteiger charge is -2.28. The fraction of sp³-hybridized carbons (Fsp3) is 0.333. The van der Waals surface area contributed by atoms with Crippen molar-refractivity contribution in [1.29, 1.82) is 0 Å². The van der Waals surface area contributed by atoms with Gasteiger partial charge in [-0.05, 0) is 42.8 Å². The number of imidazole rings is 1. The van der Waals surface area contributed by atoms with Crippen LogP contribution in [0.4, 0.5) is 11.4 Å². The first-order valence-electron chi connectivity index (χ1n) is 11.2. The van der Waals surface area contributed by atoms with Crippen LogP contribution >= 0.6 is 11.6 Å². The van der Waals surface area contributed by atoms with Crippen molar-refractivity contribution in [2.24, 2.45) is 5.73 Å². The van der Waals surface area contributed by atoms with Crippen molar-refractivity contribution in [3.8, 4) is 11.4 Å². The number of H-pyrrole nitrogens is 2. The lowest BCUT2D eigenvalue weighted by Crippen LogP contribution is -2.36. The zero-order valence-electron chi connectivity index (χ0n) is 18.5. The number of hydrogen-bond acceptors (Lipinski definition) is 6. The van der Waals surface area contributed by atoms with Crippen molar-refractivity contribution >= 4 is 44.9 Å². The molecule has 2 aromatic carbocycles. The van der Waals surface area contributed by atoms with Crippen LogP contribution in [0.2, 0.25) is 5.02 Å². The molecule has 1 saturated heterocycles. The number of nitrogens with two attached hydrogens (primary N) is 1. The van der Waals surface area contributed by atoms with E-state index in [1.165, 1.54) is 0 Å². The van der Waals surface area contributed by atoms with Gasteiger partial charge in [0.1, 0.15) is 11.4 Å². The van der Waals surface area contributed by atoms with Gasteiger partial charge in [-0.25, -0.2) is 4.98 Å². The Morgan fingerprint density at radius 1 is 1.18 bits per heavy atom. The molecule has 0 unspecified atom stereocenters. The minimum absolute atomic E-state index is 0.00466. The highest BCUT2D eigenvalue weighted by Crippen LogP contribution is 2.33. The van der Waals surface area contributed by atoms with E-state index in [0.717, 1.165) is 41.6 Å². The van der Waals surface area contributed by atoms with Crippen LogP contribution in [0.15, 0.2) is 41.2 Å². The zero-order valence-corrected chi connectivity index (χ0v) is 19.2. The van der Waals surface area contributed by atoms with Crippen LogP contribution < -0.4 is 21.5 Å². The van der Waals surface area contributed by atoms with Gasteiger partial charge < -0.3 is 30.7 Å². The second-order valence-electron chi connectivity index (χ2n) is 8.27. The van der Waals surface area contributed by atoms with E-state index >= 15 is 0 Å². The summed E-state index contributed by atoms with van der Waals surface area (Å²) in [5.41, 5.74) is 10.3. The Balaban J connectivity index is 1.66. The number of pyridine rings is 1. The topological polar surface area (TPSA) is 112 Å². The summed E-state index contributed by atoms with van der Waals surface area (Å²) in [4.78, 5) is 26.6. The number of aromatic nitrogens is 3. The van der Waals surface area contributed by atoms with Crippen LogP contribution in [-0.4, -0.2) is 53.8 Å². The summed E-state index contributed by atoms with van der Waals surface area (Å²) in [6.07, 6.45) is 0.813. The molecule has 0 amide bonds. The number of nitrogens with zero attached hydrogens (tertiary/aromatic N) is 2. The third kappa shape index (κ3) is 4.17. The third-order valence-corrected chi connectivity index (χ3v) is 6.42. The predicted molar refractivity (Wildman–Crippen MR) is 134 cm³/mol. The number of hydrogen-bond donors (Lipinski definition) is 4. The van der Waals surface area contributed by atoms with Gasteiger partial charge in [-0.3, -0.25) is 4.79 Å². The number of aromatic amines is 2. The molecule has 9 heteroatoms. The molecule has 33 heavy (non-hydrogen) atoms. The SMILES string of the molecule is CC[C@H](CN)Nc1c(-c2nc3cc(N4CCOCC4)ccc3[nH]2)c(=O)[nH]c2ccc(Cl)cc12. The van der Waals surface area contributed by atoms with Gasteiger partial charge >= 0.3 is 0 Å². The van der Waals surface area contributed by atoms with E-state index in [2.05, 4.69) is 39.2 Å². The highest BCUT2D eigenvalue weighted by molar-refractivity contribution is 6.31. The average Bonchev–Trinajstić information content (AvgIpc) is 3.26. The highest BCUT2D eigenvalue weighted by Gasteiger charge is 2.21. The van der Waals surface area contributed by atoms with Crippen LogP contribution in [0.1, 0.15) is 13.3 Å². The molecule has 0 aliphatic carbocycles. The maximum absolute atomic E-state index is 13.2. The largest absolute Gasteiger partial charge is 0.380 e. The number of fused-ring (bicyclic) bond motifs is 2. The molecular weight excluding hydrogens is 440 g/mol. The first kappa shape index (κ1) is 21.8. The number of morpholine rings is 1. The second-order valence-corrected chi connectivity index (χ2v) is 8.70. The molecule has 2 aromatic heterocycles. The number of benzene rings is 2. The van der Waals surface area contributed by atoms with Crippen molar-refractivity contribution in [2.75, 3.05) is 43.1 Å². The summed E-state index contributed by atoms with van der Waals surface area (Å²) in [6.45, 7) is 5.62. The van der Waals surface area contributed by atoms with Gasteiger partial charge in [-0.15, -0.1) is 0 Å². The van der Waals surface area contributed by atoms with Gasteiger partial charge in [0.05, 0.1) is 35.5 Å². The van der Waals surface area contributed by atoms with Crippen molar-refractivity contribution < 1.29 is 4.74 Å². The van der Waals surface area contributed by atoms with Gasteiger partial charge in [-0.2, -0.15) is 0 Å². The molecule has 5 N–H and O–H groups in total. The van der Waals surface area contributed by atoms with Crippen LogP contribution in [0.5, 0.6) is 0 Å². The fourth-order valence-electron chi connectivity index (χ4n) is 4.30. The van der Waals surface area contributed by atoms with Gasteiger partial charge in [0.15, 0.2) is 0 Å². The molecule has 3 heterocycles. The summed E-state index contributed by atoms with van der Waals surface area (Å²) in [6, 6.07) is 11.5. The number of nitrogens with one attached hydrogen (secondary N) is 3. The monoisotopic (exact) mass is 466 g/mol. The molecule has 5 rings (SSSR count). The van der Waals surface area contributed by atoms with Gasteiger partial charge in [-0.1, -0.05) is 18.5 Å². The van der Waals surface area contributed by atoms with E-state index in [0.29, 0.717) is 47.4 Å². The minimum atomic E-state index is -0.230. The number of anilines is 2. The number of halogens is 1. The molecule has 1 atom stereocenters. The molecule has 0 saturated carbocycles. The van der Waals surface area contributed by atoms with Crippen molar-refractivity contribution in [3.05, 3.63) is 51.8 Å². The molecule has 1 aliphatic rings. The Morgan fingerprint density at radius 2 is 1.97 bits per heavy atom. The maximum atomic E-state index is 13.2. The Morgan fingerprint density at radius 3 is 2.73 bits per heavy atom. The van der Waals surface area contributed by atoms with E-state index in [-0.39, 0.29) is 11.6 Å². The van der Waals surface area contributed by atoms with E-state index in [4.69, 9.17) is 27.1 Å². The third-order valence-electron chi connectivity index (χ3n) is 6.18. The van der Waals surface area contributed by atoms with Crippen LogP contribution in [-0.2, 0) is 4.74 Å². The van der Waals surface area contributed by atoms with Crippen molar-refractivity contribution in [2.45, 2.75) is 19.4 Å².